The summed E-state index contributed by atoms with van der Waals surface area (Å²) in [4.78, 5) is 14.2. The van der Waals surface area contributed by atoms with Crippen LogP contribution in [0.1, 0.15) is 28.7 Å². The molecular formula is C12H21N5O. The molecule has 1 aromatic heterocycles. The maximum Gasteiger partial charge on any atom is 0.272 e. The van der Waals surface area contributed by atoms with Gasteiger partial charge in [0.05, 0.1) is 0 Å². The highest BCUT2D eigenvalue weighted by Gasteiger charge is 2.20. The molecule has 3 N–H and O–H groups in total. The molecule has 0 spiro atoms. The molecule has 0 saturated heterocycles. The lowest BCUT2D eigenvalue weighted by Crippen LogP contribution is -2.34. The Bertz CT molecular complexity index is 415. The zero-order valence-corrected chi connectivity index (χ0v) is 11.0. The fourth-order valence-electron chi connectivity index (χ4n) is 2.02. The van der Waals surface area contributed by atoms with Gasteiger partial charge in [0.1, 0.15) is 0 Å². The number of H-pyrrole nitrogens is 1. The van der Waals surface area contributed by atoms with Gasteiger partial charge in [-0.1, -0.05) is 6.92 Å². The molecule has 1 aromatic rings. The molecule has 0 atom stereocenters. The summed E-state index contributed by atoms with van der Waals surface area (Å²) >= 11 is 0. The average molecular weight is 251 g/mol. The molecule has 2 heterocycles. The highest BCUT2D eigenvalue weighted by molar-refractivity contribution is 5.94. The predicted octanol–water partition coefficient (Wildman–Crippen LogP) is -0.263. The number of nitrogens with one attached hydrogen (secondary N) is 3. The van der Waals surface area contributed by atoms with E-state index in [0.29, 0.717) is 12.2 Å². The number of carbonyl (C=O) groups excluding carboxylic acids is 1. The Labute approximate surface area is 107 Å². The molecule has 6 nitrogen and oxygen atoms in total. The van der Waals surface area contributed by atoms with Crippen LogP contribution in [0.3, 0.4) is 0 Å². The van der Waals surface area contributed by atoms with Gasteiger partial charge < -0.3 is 15.5 Å². The zero-order valence-electron chi connectivity index (χ0n) is 11.0. The average Bonchev–Trinajstić information content (AvgIpc) is 2.82. The molecule has 0 aliphatic carbocycles. The van der Waals surface area contributed by atoms with Gasteiger partial charge in [-0.3, -0.25) is 9.89 Å². The van der Waals surface area contributed by atoms with E-state index in [4.69, 9.17) is 0 Å². The maximum absolute atomic E-state index is 12.0. The molecule has 0 saturated carbocycles. The first kappa shape index (κ1) is 13.0. The van der Waals surface area contributed by atoms with Gasteiger partial charge in [0.2, 0.25) is 0 Å². The summed E-state index contributed by atoms with van der Waals surface area (Å²) in [5, 5.41) is 13.2. The number of likely N-dealkylation sites (N-methyl/N-ethyl adjacent to an activating group) is 1. The molecule has 1 aliphatic rings. The summed E-state index contributed by atoms with van der Waals surface area (Å²) in [6.45, 7) is 6.25. The van der Waals surface area contributed by atoms with E-state index in [9.17, 15) is 4.79 Å². The molecule has 18 heavy (non-hydrogen) atoms. The van der Waals surface area contributed by atoms with Crippen LogP contribution in [0.25, 0.3) is 0 Å². The van der Waals surface area contributed by atoms with Crippen molar-refractivity contribution in [2.24, 2.45) is 0 Å². The van der Waals surface area contributed by atoms with Crippen molar-refractivity contribution in [2.45, 2.75) is 19.9 Å². The SMILES string of the molecule is CCN(C)CCNC(=O)c1n[nH]c2c1CNCC2. The number of fused-ring (bicyclic) bond motifs is 1. The highest BCUT2D eigenvalue weighted by atomic mass is 16.1. The molecule has 6 heteroatoms. The topological polar surface area (TPSA) is 73.0 Å². The fourth-order valence-corrected chi connectivity index (χ4v) is 2.02. The van der Waals surface area contributed by atoms with Crippen molar-refractivity contribution >= 4 is 5.91 Å². The number of aromatic nitrogens is 2. The number of nitrogens with zero attached hydrogens (tertiary/aromatic N) is 2. The summed E-state index contributed by atoms with van der Waals surface area (Å²) in [7, 11) is 2.03. The summed E-state index contributed by atoms with van der Waals surface area (Å²) in [6.07, 6.45) is 0.911. The lowest BCUT2D eigenvalue weighted by atomic mass is 10.1. The van der Waals surface area contributed by atoms with Crippen molar-refractivity contribution in [3.05, 3.63) is 17.0 Å². The lowest BCUT2D eigenvalue weighted by Gasteiger charge is -2.15. The van der Waals surface area contributed by atoms with E-state index in [1.807, 2.05) is 7.05 Å². The minimum Gasteiger partial charge on any atom is -0.349 e. The van der Waals surface area contributed by atoms with Crippen LogP contribution >= 0.6 is 0 Å². The first-order valence-corrected chi connectivity index (χ1v) is 6.46. The van der Waals surface area contributed by atoms with Crippen molar-refractivity contribution in [3.8, 4) is 0 Å². The molecule has 0 aromatic carbocycles. The number of rotatable bonds is 5. The Morgan fingerprint density at radius 1 is 1.56 bits per heavy atom. The second kappa shape index (κ2) is 5.97. The molecule has 2 rings (SSSR count). The molecule has 0 bridgehead atoms. The highest BCUT2D eigenvalue weighted by Crippen LogP contribution is 2.14. The van der Waals surface area contributed by atoms with Gasteiger partial charge in [-0.2, -0.15) is 5.10 Å². The third kappa shape index (κ3) is 2.88. The standard InChI is InChI=1S/C12H21N5O/c1-3-17(2)7-6-14-12(18)11-9-8-13-5-4-10(9)15-16-11/h13H,3-8H2,1-2H3,(H,14,18)(H,15,16). The maximum atomic E-state index is 12.0. The van der Waals surface area contributed by atoms with Gasteiger partial charge in [0, 0.05) is 43.9 Å². The predicted molar refractivity (Wildman–Crippen MR) is 69.5 cm³/mol. The first-order valence-electron chi connectivity index (χ1n) is 6.46. The second-order valence-corrected chi connectivity index (χ2v) is 4.61. The van der Waals surface area contributed by atoms with Crippen molar-refractivity contribution < 1.29 is 4.79 Å². The molecule has 1 amide bonds. The normalized spacial score (nSPS) is 14.6. The smallest absolute Gasteiger partial charge is 0.272 e. The number of aromatic amines is 1. The molecule has 0 unspecified atom stereocenters. The summed E-state index contributed by atoms with van der Waals surface area (Å²) in [5.74, 6) is -0.0827. The van der Waals surface area contributed by atoms with Crippen LogP contribution in [-0.4, -0.2) is 54.2 Å². The van der Waals surface area contributed by atoms with Crippen molar-refractivity contribution in [1.82, 2.24) is 25.7 Å². The van der Waals surface area contributed by atoms with Crippen LogP contribution < -0.4 is 10.6 Å². The van der Waals surface area contributed by atoms with Gasteiger partial charge in [-0.25, -0.2) is 0 Å². The Morgan fingerprint density at radius 2 is 2.39 bits per heavy atom. The van der Waals surface area contributed by atoms with E-state index in [1.165, 1.54) is 0 Å². The van der Waals surface area contributed by atoms with E-state index < -0.39 is 0 Å². The largest absolute Gasteiger partial charge is 0.349 e. The molecule has 1 aliphatic heterocycles. The Kier molecular flexibility index (Phi) is 4.33. The van der Waals surface area contributed by atoms with E-state index in [1.54, 1.807) is 0 Å². The van der Waals surface area contributed by atoms with Crippen LogP contribution in [0, 0.1) is 0 Å². The zero-order chi connectivity index (χ0) is 13.0. The number of carbonyl (C=O) groups is 1. The number of hydrogen-bond donors (Lipinski definition) is 3. The fraction of sp³-hybridized carbons (Fsp3) is 0.667. The Balaban J connectivity index is 1.91. The van der Waals surface area contributed by atoms with Crippen LogP contribution in [0.15, 0.2) is 0 Å². The van der Waals surface area contributed by atoms with Gasteiger partial charge in [-0.05, 0) is 13.6 Å². The lowest BCUT2D eigenvalue weighted by molar-refractivity contribution is 0.0944. The molecule has 0 radical (unpaired) electrons. The first-order chi connectivity index (χ1) is 8.72. The van der Waals surface area contributed by atoms with E-state index in [-0.39, 0.29) is 5.91 Å². The van der Waals surface area contributed by atoms with Crippen LogP contribution in [0.5, 0.6) is 0 Å². The van der Waals surface area contributed by atoms with Crippen LogP contribution in [-0.2, 0) is 13.0 Å². The van der Waals surface area contributed by atoms with Gasteiger partial charge in [0.25, 0.3) is 5.91 Å². The van der Waals surface area contributed by atoms with Crippen molar-refractivity contribution in [3.63, 3.8) is 0 Å². The minimum absolute atomic E-state index is 0.0827. The molecule has 100 valence electrons. The Hall–Kier alpha value is -1.40. The van der Waals surface area contributed by atoms with Crippen molar-refractivity contribution in [2.75, 3.05) is 33.2 Å². The number of hydrogen-bond acceptors (Lipinski definition) is 4. The monoisotopic (exact) mass is 251 g/mol. The molecular weight excluding hydrogens is 230 g/mol. The third-order valence-electron chi connectivity index (χ3n) is 3.34. The van der Waals surface area contributed by atoms with Crippen LogP contribution in [0.4, 0.5) is 0 Å². The Morgan fingerprint density at radius 3 is 3.17 bits per heavy atom. The van der Waals surface area contributed by atoms with Gasteiger partial charge in [0.15, 0.2) is 5.69 Å². The summed E-state index contributed by atoms with van der Waals surface area (Å²) < 4.78 is 0. The molecule has 0 fully saturated rings. The number of amides is 1. The minimum atomic E-state index is -0.0827. The second-order valence-electron chi connectivity index (χ2n) is 4.61. The quantitative estimate of drug-likeness (QED) is 0.674. The third-order valence-corrected chi connectivity index (χ3v) is 3.34. The van der Waals surface area contributed by atoms with E-state index in [0.717, 1.165) is 43.9 Å². The van der Waals surface area contributed by atoms with E-state index in [2.05, 4.69) is 32.7 Å². The van der Waals surface area contributed by atoms with Crippen LogP contribution in [0.2, 0.25) is 0 Å². The van der Waals surface area contributed by atoms with Gasteiger partial charge >= 0.3 is 0 Å². The summed E-state index contributed by atoms with van der Waals surface area (Å²) in [6, 6.07) is 0. The summed E-state index contributed by atoms with van der Waals surface area (Å²) in [5.41, 5.74) is 2.64. The van der Waals surface area contributed by atoms with E-state index >= 15 is 0 Å². The van der Waals surface area contributed by atoms with Gasteiger partial charge in [-0.15, -0.1) is 0 Å². The van der Waals surface area contributed by atoms with Crippen molar-refractivity contribution in [1.29, 1.82) is 0 Å².